The Bertz CT molecular complexity index is 506. The molecule has 2 unspecified atom stereocenters. The second-order valence-electron chi connectivity index (χ2n) is 5.24. The van der Waals surface area contributed by atoms with Crippen molar-refractivity contribution in [3.63, 3.8) is 0 Å². The van der Waals surface area contributed by atoms with E-state index in [0.717, 1.165) is 13.8 Å². The summed E-state index contributed by atoms with van der Waals surface area (Å²) in [5.74, 6) is -2.54. The van der Waals surface area contributed by atoms with E-state index in [4.69, 9.17) is 18.9 Å². The van der Waals surface area contributed by atoms with Gasteiger partial charge < -0.3 is 29.4 Å². The maximum absolute atomic E-state index is 11.4. The number of esters is 3. The molecule has 0 aromatic rings. The number of ether oxygens (including phenoxy) is 4. The minimum Gasteiger partial charge on any atom is -0.463 e. The summed E-state index contributed by atoms with van der Waals surface area (Å²) in [5, 5.41) is 12.5. The van der Waals surface area contributed by atoms with Gasteiger partial charge in [0.05, 0.1) is 0 Å². The van der Waals surface area contributed by atoms with E-state index >= 15 is 0 Å². The van der Waals surface area contributed by atoms with Crippen LogP contribution in [0.15, 0.2) is 0 Å². The molecule has 0 spiro atoms. The number of aliphatic hydroxyl groups is 1. The van der Waals surface area contributed by atoms with E-state index in [1.165, 1.54) is 13.8 Å². The van der Waals surface area contributed by atoms with E-state index in [1.807, 2.05) is 0 Å². The molecule has 1 aliphatic heterocycles. The Morgan fingerprint density at radius 1 is 0.958 bits per heavy atom. The number of amides is 1. The molecule has 10 nitrogen and oxygen atoms in total. The van der Waals surface area contributed by atoms with Crippen LogP contribution in [0.2, 0.25) is 0 Å². The van der Waals surface area contributed by atoms with Gasteiger partial charge in [-0.05, 0) is 0 Å². The first-order valence-electron chi connectivity index (χ1n) is 7.20. The van der Waals surface area contributed by atoms with Crippen molar-refractivity contribution in [3.05, 3.63) is 0 Å². The molecule has 0 aromatic carbocycles. The Balaban J connectivity index is 3.11. The van der Waals surface area contributed by atoms with E-state index in [-0.39, 0.29) is 6.61 Å². The highest BCUT2D eigenvalue weighted by atomic mass is 16.7. The van der Waals surface area contributed by atoms with Crippen LogP contribution < -0.4 is 5.32 Å². The number of carbonyl (C=O) groups excluding carboxylic acids is 4. The summed E-state index contributed by atoms with van der Waals surface area (Å²) in [4.78, 5) is 45.0. The minimum absolute atomic E-state index is 0.338. The molecule has 5 atom stereocenters. The van der Waals surface area contributed by atoms with Crippen molar-refractivity contribution in [1.82, 2.24) is 5.32 Å². The fourth-order valence-corrected chi connectivity index (χ4v) is 2.31. The summed E-state index contributed by atoms with van der Waals surface area (Å²) in [6, 6.07) is -1.16. The first kappa shape index (κ1) is 19.8. The van der Waals surface area contributed by atoms with Crippen molar-refractivity contribution in [2.24, 2.45) is 0 Å². The van der Waals surface area contributed by atoms with Gasteiger partial charge in [0, 0.05) is 27.7 Å². The number of hydrogen-bond acceptors (Lipinski definition) is 9. The number of rotatable bonds is 5. The number of nitrogens with one attached hydrogen (secondary N) is 1. The Morgan fingerprint density at radius 2 is 1.50 bits per heavy atom. The quantitative estimate of drug-likeness (QED) is 0.456. The molecule has 0 bridgehead atoms. The van der Waals surface area contributed by atoms with Gasteiger partial charge in [0.25, 0.3) is 0 Å². The fourth-order valence-electron chi connectivity index (χ4n) is 2.31. The van der Waals surface area contributed by atoms with Crippen molar-refractivity contribution in [2.75, 3.05) is 6.61 Å². The minimum atomic E-state index is -1.56. The van der Waals surface area contributed by atoms with Gasteiger partial charge in [0.1, 0.15) is 18.8 Å². The van der Waals surface area contributed by atoms with Crippen LogP contribution in [0.25, 0.3) is 0 Å². The lowest BCUT2D eigenvalue weighted by Crippen LogP contribution is -2.66. The standard InChI is InChI=1S/C14H21NO9/c1-6(16)15-11-13(23-9(4)19)12(22-8(3)18)10(24-14(11)20)5-21-7(2)17/h10-14,20H,5H2,1-4H3,(H,15,16)/t10-,11+,12-,13?,14?/m1/s1. The molecule has 1 fully saturated rings. The zero-order valence-electron chi connectivity index (χ0n) is 13.8. The molecular weight excluding hydrogens is 326 g/mol. The van der Waals surface area contributed by atoms with Gasteiger partial charge in [0.15, 0.2) is 18.5 Å². The first-order chi connectivity index (χ1) is 11.1. The van der Waals surface area contributed by atoms with Crippen LogP contribution in [-0.2, 0) is 38.1 Å². The second-order valence-corrected chi connectivity index (χ2v) is 5.24. The Morgan fingerprint density at radius 3 is 1.96 bits per heavy atom. The summed E-state index contributed by atoms with van der Waals surface area (Å²) in [6.07, 6.45) is -5.06. The predicted octanol–water partition coefficient (Wildman–Crippen LogP) is -1.37. The fraction of sp³-hybridized carbons (Fsp3) is 0.714. The van der Waals surface area contributed by atoms with Crippen LogP contribution in [0.1, 0.15) is 27.7 Å². The SMILES string of the molecule is CC(=O)N[C@@H]1C(O)O[C@H](COC(C)=O)[C@@H](OC(C)=O)C1OC(C)=O. The number of hydrogen-bond donors (Lipinski definition) is 2. The monoisotopic (exact) mass is 347 g/mol. The lowest BCUT2D eigenvalue weighted by molar-refractivity contribution is -0.264. The molecular formula is C14H21NO9. The summed E-state index contributed by atoms with van der Waals surface area (Å²) in [6.45, 7) is 4.28. The van der Waals surface area contributed by atoms with Gasteiger partial charge >= 0.3 is 17.9 Å². The molecule has 0 aromatic heterocycles. The van der Waals surface area contributed by atoms with Crippen molar-refractivity contribution in [1.29, 1.82) is 0 Å². The van der Waals surface area contributed by atoms with Crippen LogP contribution >= 0.6 is 0 Å². The highest BCUT2D eigenvalue weighted by Gasteiger charge is 2.50. The van der Waals surface area contributed by atoms with Crippen molar-refractivity contribution in [2.45, 2.75) is 58.3 Å². The van der Waals surface area contributed by atoms with Crippen LogP contribution in [-0.4, -0.2) is 66.2 Å². The molecule has 2 N–H and O–H groups in total. The lowest BCUT2D eigenvalue weighted by atomic mass is 9.96. The molecule has 24 heavy (non-hydrogen) atoms. The van der Waals surface area contributed by atoms with E-state index in [2.05, 4.69) is 5.32 Å². The normalized spacial score (nSPS) is 29.3. The molecule has 1 saturated heterocycles. The van der Waals surface area contributed by atoms with Gasteiger partial charge in [-0.15, -0.1) is 0 Å². The van der Waals surface area contributed by atoms with Gasteiger partial charge in [0.2, 0.25) is 5.91 Å². The molecule has 0 radical (unpaired) electrons. The Kier molecular flexibility index (Phi) is 7.11. The predicted molar refractivity (Wildman–Crippen MR) is 76.2 cm³/mol. The molecule has 1 amide bonds. The van der Waals surface area contributed by atoms with E-state index in [9.17, 15) is 24.3 Å². The molecule has 1 heterocycles. The van der Waals surface area contributed by atoms with Gasteiger partial charge in [-0.2, -0.15) is 0 Å². The van der Waals surface area contributed by atoms with Crippen molar-refractivity contribution >= 4 is 23.8 Å². The van der Waals surface area contributed by atoms with Gasteiger partial charge in [-0.1, -0.05) is 0 Å². The molecule has 1 rings (SSSR count). The summed E-state index contributed by atoms with van der Waals surface area (Å²) >= 11 is 0. The third-order valence-corrected chi connectivity index (χ3v) is 3.09. The van der Waals surface area contributed by atoms with E-state index in [0.29, 0.717) is 0 Å². The topological polar surface area (TPSA) is 137 Å². The highest BCUT2D eigenvalue weighted by molar-refractivity contribution is 5.73. The van der Waals surface area contributed by atoms with E-state index in [1.54, 1.807) is 0 Å². The molecule has 10 heteroatoms. The molecule has 0 saturated carbocycles. The van der Waals surface area contributed by atoms with Crippen LogP contribution in [0, 0.1) is 0 Å². The van der Waals surface area contributed by atoms with Crippen molar-refractivity contribution < 1.29 is 43.2 Å². The summed E-state index contributed by atoms with van der Waals surface area (Å²) in [5.41, 5.74) is 0. The van der Waals surface area contributed by atoms with Crippen LogP contribution in [0.4, 0.5) is 0 Å². The van der Waals surface area contributed by atoms with Crippen LogP contribution in [0.5, 0.6) is 0 Å². The summed E-state index contributed by atoms with van der Waals surface area (Å²) in [7, 11) is 0. The summed E-state index contributed by atoms with van der Waals surface area (Å²) < 4.78 is 20.3. The first-order valence-corrected chi connectivity index (χ1v) is 7.20. The van der Waals surface area contributed by atoms with E-state index < -0.39 is 54.5 Å². The third kappa shape index (κ3) is 5.78. The molecule has 136 valence electrons. The van der Waals surface area contributed by atoms with Crippen molar-refractivity contribution in [3.8, 4) is 0 Å². The average molecular weight is 347 g/mol. The molecule has 0 aliphatic carbocycles. The number of aliphatic hydroxyl groups excluding tert-OH is 1. The van der Waals surface area contributed by atoms with Crippen LogP contribution in [0.3, 0.4) is 0 Å². The third-order valence-electron chi connectivity index (χ3n) is 3.09. The number of carbonyl (C=O) groups is 4. The van der Waals surface area contributed by atoms with Gasteiger partial charge in [-0.3, -0.25) is 19.2 Å². The second kappa shape index (κ2) is 8.60. The average Bonchev–Trinajstić information content (AvgIpc) is 2.42. The zero-order valence-corrected chi connectivity index (χ0v) is 13.8. The zero-order chi connectivity index (χ0) is 18.4. The lowest BCUT2D eigenvalue weighted by Gasteiger charge is -2.43. The maximum Gasteiger partial charge on any atom is 0.303 e. The Labute approximate surface area is 138 Å². The largest absolute Gasteiger partial charge is 0.463 e. The Hall–Kier alpha value is -2.20. The van der Waals surface area contributed by atoms with Gasteiger partial charge in [-0.25, -0.2) is 0 Å². The molecule has 1 aliphatic rings. The maximum atomic E-state index is 11.4. The smallest absolute Gasteiger partial charge is 0.303 e. The highest BCUT2D eigenvalue weighted by Crippen LogP contribution is 2.26.